The predicted molar refractivity (Wildman–Crippen MR) is 174 cm³/mol. The van der Waals surface area contributed by atoms with Crippen LogP contribution in [0.3, 0.4) is 0 Å². The number of thioether (sulfide) groups is 1. The maximum absolute atomic E-state index is 13.4. The van der Waals surface area contributed by atoms with Crippen molar-refractivity contribution in [2.24, 2.45) is 10.6 Å². The van der Waals surface area contributed by atoms with Crippen molar-refractivity contribution < 1.29 is 19.2 Å². The highest BCUT2D eigenvalue weighted by molar-refractivity contribution is 9.10. The number of ketones is 2. The van der Waals surface area contributed by atoms with Crippen molar-refractivity contribution in [2.75, 3.05) is 5.75 Å². The van der Waals surface area contributed by atoms with Gasteiger partial charge in [-0.2, -0.15) is 0 Å². The van der Waals surface area contributed by atoms with E-state index in [2.05, 4.69) is 21.1 Å². The molecule has 8 heteroatoms. The van der Waals surface area contributed by atoms with Gasteiger partial charge in [-0.15, -0.1) is 11.8 Å². The highest BCUT2D eigenvalue weighted by atomic mass is 79.9. The van der Waals surface area contributed by atoms with Crippen LogP contribution in [0, 0.1) is 5.41 Å². The van der Waals surface area contributed by atoms with E-state index in [9.17, 15) is 14.4 Å². The van der Waals surface area contributed by atoms with E-state index in [0.717, 1.165) is 19.2 Å². The Bertz CT molecular complexity index is 1560. The first-order valence-corrected chi connectivity index (χ1v) is 15.9. The van der Waals surface area contributed by atoms with Crippen molar-refractivity contribution in [1.29, 1.82) is 0 Å². The minimum absolute atomic E-state index is 0.0177. The van der Waals surface area contributed by atoms with E-state index in [1.165, 1.54) is 11.8 Å². The summed E-state index contributed by atoms with van der Waals surface area (Å²) < 4.78 is 0.996. The van der Waals surface area contributed by atoms with Crippen molar-refractivity contribution >= 4 is 62.7 Å². The van der Waals surface area contributed by atoms with Gasteiger partial charge in [0.1, 0.15) is 5.71 Å². The van der Waals surface area contributed by atoms with E-state index in [-0.39, 0.29) is 17.3 Å². The number of hydrogen-bond acceptors (Lipinski definition) is 7. The van der Waals surface area contributed by atoms with E-state index in [0.29, 0.717) is 28.9 Å². The molecule has 0 fully saturated rings. The molecule has 214 valence electrons. The third kappa shape index (κ3) is 9.02. The summed E-state index contributed by atoms with van der Waals surface area (Å²) in [5, 5.41) is 4.01. The molecular formula is C34H30BrNO4S2. The molecule has 0 amide bonds. The van der Waals surface area contributed by atoms with Gasteiger partial charge in [0.15, 0.2) is 5.78 Å². The molecule has 0 aliphatic rings. The summed E-state index contributed by atoms with van der Waals surface area (Å²) in [6.45, 7) is 5.21. The molecule has 0 radical (unpaired) electrons. The fourth-order valence-corrected chi connectivity index (χ4v) is 5.58. The summed E-state index contributed by atoms with van der Waals surface area (Å²) in [4.78, 5) is 46.6. The molecule has 4 rings (SSSR count). The Kier molecular flexibility index (Phi) is 11.0. The number of hydrogen-bond donors (Lipinski definition) is 0. The minimum atomic E-state index is -0.740. The van der Waals surface area contributed by atoms with Crippen LogP contribution in [0.25, 0.3) is 0 Å². The van der Waals surface area contributed by atoms with E-state index in [1.807, 2.05) is 78.9 Å². The zero-order valence-electron chi connectivity index (χ0n) is 23.5. The summed E-state index contributed by atoms with van der Waals surface area (Å²) in [5.41, 5.74) is 1.19. The van der Waals surface area contributed by atoms with Crippen LogP contribution in [0.1, 0.15) is 53.5 Å². The molecule has 42 heavy (non-hydrogen) atoms. The second kappa shape index (κ2) is 14.6. The second-order valence-corrected chi connectivity index (χ2v) is 13.6. The molecule has 0 saturated heterocycles. The van der Waals surface area contributed by atoms with Gasteiger partial charge in [-0.05, 0) is 93.6 Å². The van der Waals surface area contributed by atoms with Crippen molar-refractivity contribution in [3.8, 4) is 0 Å². The largest absolute Gasteiger partial charge is 0.340 e. The number of Topliss-reactive ketones (excluding diaryl/α,β-unsaturated/α-hetero) is 1. The molecule has 0 N–H and O–H groups in total. The van der Waals surface area contributed by atoms with Crippen molar-refractivity contribution in [1.82, 2.24) is 0 Å². The molecule has 4 aromatic carbocycles. The number of rotatable bonds is 11. The summed E-state index contributed by atoms with van der Waals surface area (Å²) in [6.07, 6.45) is 0.335. The number of carbonyl (C=O) groups excluding carboxylic acids is 3. The Labute approximate surface area is 263 Å². The van der Waals surface area contributed by atoms with Gasteiger partial charge < -0.3 is 4.84 Å². The number of benzene rings is 4. The monoisotopic (exact) mass is 659 g/mol. The van der Waals surface area contributed by atoms with Crippen LogP contribution >= 0.6 is 39.5 Å². The quantitative estimate of drug-likeness (QED) is 0.0526. The van der Waals surface area contributed by atoms with E-state index < -0.39 is 11.4 Å². The Hall–Kier alpha value is -3.46. The molecule has 0 unspecified atom stereocenters. The smallest absolute Gasteiger partial charge is 0.317 e. The van der Waals surface area contributed by atoms with Gasteiger partial charge in [-0.1, -0.05) is 63.2 Å². The van der Waals surface area contributed by atoms with Crippen molar-refractivity contribution in [2.45, 2.75) is 41.9 Å². The standard InChI is InChI=1S/C34H30BrNO4S2/c1-34(2,3)33(39)40-36-30(21-22-41-27-19-13-26(35)14-20-27)32(38)25-11-17-29(18-12-25)42-28-15-9-24(10-16-28)31(37)23-7-5-4-6-8-23/h4-20H,21-22H2,1-3H3/b36-30+. The number of carbonyl (C=O) groups is 3. The van der Waals surface area contributed by atoms with Crippen molar-refractivity contribution in [3.05, 3.63) is 124 Å². The maximum Gasteiger partial charge on any atom is 0.340 e. The van der Waals surface area contributed by atoms with Crippen LogP contribution in [0.15, 0.2) is 127 Å². The predicted octanol–water partition coefficient (Wildman–Crippen LogP) is 9.14. The summed E-state index contributed by atoms with van der Waals surface area (Å²) in [7, 11) is 0. The minimum Gasteiger partial charge on any atom is -0.317 e. The van der Waals surface area contributed by atoms with Gasteiger partial charge in [0.05, 0.1) is 5.41 Å². The van der Waals surface area contributed by atoms with Crippen LogP contribution < -0.4 is 0 Å². The van der Waals surface area contributed by atoms with Crippen LogP contribution in [0.4, 0.5) is 0 Å². The van der Waals surface area contributed by atoms with E-state index >= 15 is 0 Å². The average molecular weight is 661 g/mol. The first kappa shape index (κ1) is 31.5. The van der Waals surface area contributed by atoms with E-state index in [1.54, 1.807) is 56.8 Å². The normalized spacial score (nSPS) is 11.7. The zero-order valence-corrected chi connectivity index (χ0v) is 26.7. The molecule has 0 atom stereocenters. The second-order valence-electron chi connectivity index (χ2n) is 10.4. The van der Waals surface area contributed by atoms with Gasteiger partial charge in [0.2, 0.25) is 5.78 Å². The van der Waals surface area contributed by atoms with Crippen LogP contribution in [0.5, 0.6) is 0 Å². The molecule has 0 saturated carbocycles. The lowest BCUT2D eigenvalue weighted by molar-refractivity contribution is -0.152. The Balaban J connectivity index is 1.42. The molecule has 0 bridgehead atoms. The Morgan fingerprint density at radius 2 is 1.24 bits per heavy atom. The van der Waals surface area contributed by atoms with E-state index in [4.69, 9.17) is 4.84 Å². The molecule has 5 nitrogen and oxygen atoms in total. The molecule has 4 aromatic rings. The van der Waals surface area contributed by atoms with Crippen LogP contribution in [0.2, 0.25) is 0 Å². The first-order chi connectivity index (χ1) is 20.1. The van der Waals surface area contributed by atoms with Gasteiger partial charge >= 0.3 is 5.97 Å². The van der Waals surface area contributed by atoms with Gasteiger partial charge in [0, 0.05) is 48.0 Å². The lowest BCUT2D eigenvalue weighted by Crippen LogP contribution is -2.23. The summed E-state index contributed by atoms with van der Waals surface area (Å²) in [5.74, 6) is -0.211. The molecule has 0 aliphatic carbocycles. The average Bonchev–Trinajstić information content (AvgIpc) is 2.99. The first-order valence-electron chi connectivity index (χ1n) is 13.3. The van der Waals surface area contributed by atoms with Crippen LogP contribution in [-0.4, -0.2) is 29.0 Å². The summed E-state index contributed by atoms with van der Waals surface area (Å²) >= 11 is 6.57. The Morgan fingerprint density at radius 1 is 0.714 bits per heavy atom. The fraction of sp³-hybridized carbons (Fsp3) is 0.176. The molecule has 0 heterocycles. The summed E-state index contributed by atoms with van der Waals surface area (Å²) in [6, 6.07) is 31.8. The zero-order chi connectivity index (χ0) is 30.1. The van der Waals surface area contributed by atoms with Gasteiger partial charge in [-0.3, -0.25) is 9.59 Å². The topological polar surface area (TPSA) is 72.8 Å². The molecule has 0 aromatic heterocycles. The SMILES string of the molecule is CC(C)(C)C(=O)O/N=C(\CCSc1ccc(Br)cc1)C(=O)c1ccc(Sc2ccc(C(=O)c3ccccc3)cc2)cc1. The molecule has 0 spiro atoms. The van der Waals surface area contributed by atoms with Crippen LogP contribution in [-0.2, 0) is 9.63 Å². The third-order valence-electron chi connectivity index (χ3n) is 6.04. The van der Waals surface area contributed by atoms with Crippen molar-refractivity contribution in [3.63, 3.8) is 0 Å². The highest BCUT2D eigenvalue weighted by Gasteiger charge is 2.25. The van der Waals surface area contributed by atoms with Gasteiger partial charge in [0.25, 0.3) is 0 Å². The number of halogens is 1. The van der Waals surface area contributed by atoms with Gasteiger partial charge in [-0.25, -0.2) is 4.79 Å². The lowest BCUT2D eigenvalue weighted by Gasteiger charge is -2.14. The number of nitrogens with zero attached hydrogens (tertiary/aromatic N) is 1. The molecule has 0 aliphatic heterocycles. The third-order valence-corrected chi connectivity index (χ3v) is 8.60. The maximum atomic E-state index is 13.4. The lowest BCUT2D eigenvalue weighted by atomic mass is 9.98. The number of oxime groups is 1. The Morgan fingerprint density at radius 3 is 1.81 bits per heavy atom. The fourth-order valence-electron chi connectivity index (χ4n) is 3.64. The highest BCUT2D eigenvalue weighted by Crippen LogP contribution is 2.29. The molecular weight excluding hydrogens is 630 g/mol.